The molecule has 100 valence electrons. The van der Waals surface area contributed by atoms with Gasteiger partial charge in [-0.1, -0.05) is 11.6 Å². The number of carbonyl (C=O) groups excluding carboxylic acids is 1. The van der Waals surface area contributed by atoms with Crippen molar-refractivity contribution in [3.8, 4) is 5.69 Å². The Kier molecular flexibility index (Phi) is 3.97. The van der Waals surface area contributed by atoms with Crippen LogP contribution in [0.15, 0.2) is 24.3 Å². The summed E-state index contributed by atoms with van der Waals surface area (Å²) in [6.07, 6.45) is 0. The van der Waals surface area contributed by atoms with Gasteiger partial charge in [0.15, 0.2) is 5.78 Å². The van der Waals surface area contributed by atoms with E-state index >= 15 is 0 Å². The molecule has 1 aromatic carbocycles. The maximum atomic E-state index is 13.4. The van der Waals surface area contributed by atoms with Gasteiger partial charge >= 0.3 is 0 Å². The third-order valence-electron chi connectivity index (χ3n) is 3.00. The number of hydrogen-bond donors (Lipinski definition) is 0. The van der Waals surface area contributed by atoms with Crippen molar-refractivity contribution in [3.63, 3.8) is 0 Å². The minimum absolute atomic E-state index is 0.0822. The fourth-order valence-electron chi connectivity index (χ4n) is 2.14. The quantitative estimate of drug-likeness (QED) is 0.611. The zero-order chi connectivity index (χ0) is 14.2. The zero-order valence-electron chi connectivity index (χ0n) is 10.5. The fraction of sp³-hybridized carbons (Fsp3) is 0.214. The molecular formula is C14H12Cl2FNO. The lowest BCUT2D eigenvalue weighted by molar-refractivity contribution is 0.102. The molecule has 0 fully saturated rings. The Hall–Kier alpha value is -1.32. The summed E-state index contributed by atoms with van der Waals surface area (Å²) in [6, 6.07) is 5.87. The van der Waals surface area contributed by atoms with Crippen LogP contribution in [-0.4, -0.2) is 16.2 Å². The zero-order valence-corrected chi connectivity index (χ0v) is 12.0. The molecule has 1 heterocycles. The lowest BCUT2D eigenvalue weighted by Crippen LogP contribution is -2.05. The third kappa shape index (κ3) is 2.53. The van der Waals surface area contributed by atoms with Crippen LogP contribution in [0.3, 0.4) is 0 Å². The number of alkyl halides is 1. The van der Waals surface area contributed by atoms with Gasteiger partial charge in [0.1, 0.15) is 5.82 Å². The van der Waals surface area contributed by atoms with Crippen LogP contribution < -0.4 is 0 Å². The van der Waals surface area contributed by atoms with Crippen LogP contribution in [0.2, 0.25) is 5.02 Å². The van der Waals surface area contributed by atoms with E-state index in [1.165, 1.54) is 18.2 Å². The second-order valence-electron chi connectivity index (χ2n) is 4.27. The molecule has 1 aromatic heterocycles. The van der Waals surface area contributed by atoms with E-state index in [4.69, 9.17) is 23.2 Å². The number of Topliss-reactive ketones (excluding diaryl/α,β-unsaturated/α-hetero) is 1. The molecule has 0 aliphatic rings. The second kappa shape index (κ2) is 5.35. The monoisotopic (exact) mass is 299 g/mol. The highest BCUT2D eigenvalue weighted by Gasteiger charge is 2.17. The Morgan fingerprint density at radius 1 is 1.32 bits per heavy atom. The van der Waals surface area contributed by atoms with Crippen molar-refractivity contribution in [1.29, 1.82) is 0 Å². The number of ketones is 1. The molecule has 19 heavy (non-hydrogen) atoms. The van der Waals surface area contributed by atoms with Crippen LogP contribution in [-0.2, 0) is 0 Å². The van der Waals surface area contributed by atoms with Crippen LogP contribution in [0.4, 0.5) is 4.39 Å². The summed E-state index contributed by atoms with van der Waals surface area (Å²) in [5.41, 5.74) is 2.56. The minimum atomic E-state index is -0.378. The molecule has 0 N–H and O–H groups in total. The van der Waals surface area contributed by atoms with E-state index < -0.39 is 0 Å². The van der Waals surface area contributed by atoms with E-state index in [0.717, 1.165) is 5.69 Å². The lowest BCUT2D eigenvalue weighted by Gasteiger charge is -2.11. The SMILES string of the molecule is Cc1cc(C(=O)CCl)c(C)n1-c1cc(F)ccc1Cl. The third-order valence-corrected chi connectivity index (χ3v) is 3.56. The van der Waals surface area contributed by atoms with Crippen molar-refractivity contribution in [2.24, 2.45) is 0 Å². The first-order valence-corrected chi connectivity index (χ1v) is 6.60. The first kappa shape index (κ1) is 14.1. The van der Waals surface area contributed by atoms with Gasteiger partial charge in [-0.15, -0.1) is 11.6 Å². The number of nitrogens with zero attached hydrogens (tertiary/aromatic N) is 1. The van der Waals surface area contributed by atoms with Crippen molar-refractivity contribution in [3.05, 3.63) is 52.1 Å². The molecule has 0 saturated carbocycles. The molecular weight excluding hydrogens is 288 g/mol. The van der Waals surface area contributed by atoms with Gasteiger partial charge in [0.05, 0.1) is 16.6 Å². The highest BCUT2D eigenvalue weighted by Crippen LogP contribution is 2.27. The molecule has 0 saturated heterocycles. The molecule has 2 rings (SSSR count). The van der Waals surface area contributed by atoms with Gasteiger partial charge in [-0.25, -0.2) is 4.39 Å². The predicted molar refractivity (Wildman–Crippen MR) is 75.3 cm³/mol. The number of hydrogen-bond acceptors (Lipinski definition) is 1. The van der Waals surface area contributed by atoms with Crippen molar-refractivity contribution in [2.75, 3.05) is 5.88 Å². The Labute approximate surface area is 120 Å². The average Bonchev–Trinajstić information content (AvgIpc) is 2.67. The van der Waals surface area contributed by atoms with E-state index in [2.05, 4.69) is 0 Å². The van der Waals surface area contributed by atoms with E-state index in [1.807, 2.05) is 6.92 Å². The molecule has 0 radical (unpaired) electrons. The van der Waals surface area contributed by atoms with E-state index in [0.29, 0.717) is 22.0 Å². The number of benzene rings is 1. The first-order chi connectivity index (χ1) is 8.95. The van der Waals surface area contributed by atoms with Crippen molar-refractivity contribution < 1.29 is 9.18 Å². The Bertz CT molecular complexity index is 649. The predicted octanol–water partition coefficient (Wildman–Crippen LogP) is 4.31. The summed E-state index contributed by atoms with van der Waals surface area (Å²) in [7, 11) is 0. The van der Waals surface area contributed by atoms with Crippen LogP contribution >= 0.6 is 23.2 Å². The van der Waals surface area contributed by atoms with E-state index in [1.54, 1.807) is 17.6 Å². The maximum Gasteiger partial charge on any atom is 0.179 e. The molecule has 0 atom stereocenters. The molecule has 0 unspecified atom stereocenters. The molecule has 2 nitrogen and oxygen atoms in total. The van der Waals surface area contributed by atoms with Gasteiger partial charge in [0.2, 0.25) is 0 Å². The number of aromatic nitrogens is 1. The maximum absolute atomic E-state index is 13.4. The number of rotatable bonds is 3. The summed E-state index contributed by atoms with van der Waals surface area (Å²) in [6.45, 7) is 3.62. The smallest absolute Gasteiger partial charge is 0.179 e. The van der Waals surface area contributed by atoms with Gasteiger partial charge in [0.25, 0.3) is 0 Å². The summed E-state index contributed by atoms with van der Waals surface area (Å²) in [5.74, 6) is -0.619. The van der Waals surface area contributed by atoms with Crippen molar-refractivity contribution >= 4 is 29.0 Å². The lowest BCUT2D eigenvalue weighted by atomic mass is 10.2. The van der Waals surface area contributed by atoms with Crippen LogP contribution in [0.25, 0.3) is 5.69 Å². The summed E-state index contributed by atoms with van der Waals surface area (Å²) in [4.78, 5) is 11.7. The molecule has 5 heteroatoms. The summed E-state index contributed by atoms with van der Waals surface area (Å²) < 4.78 is 15.1. The van der Waals surface area contributed by atoms with E-state index in [9.17, 15) is 9.18 Å². The Balaban J connectivity index is 2.66. The number of carbonyl (C=O) groups is 1. The van der Waals surface area contributed by atoms with E-state index in [-0.39, 0.29) is 17.5 Å². The van der Waals surface area contributed by atoms with Gasteiger partial charge in [-0.05, 0) is 38.1 Å². The molecule has 2 aromatic rings. The highest BCUT2D eigenvalue weighted by molar-refractivity contribution is 6.32. The summed E-state index contributed by atoms with van der Waals surface area (Å²) in [5, 5.41) is 0.424. The molecule has 0 aliphatic carbocycles. The fourth-order valence-corrected chi connectivity index (χ4v) is 2.49. The van der Waals surface area contributed by atoms with Crippen LogP contribution in [0.5, 0.6) is 0 Å². The Morgan fingerprint density at radius 2 is 2.00 bits per heavy atom. The van der Waals surface area contributed by atoms with Crippen molar-refractivity contribution in [2.45, 2.75) is 13.8 Å². The summed E-state index contributed by atoms with van der Waals surface area (Å²) >= 11 is 11.7. The average molecular weight is 300 g/mol. The largest absolute Gasteiger partial charge is 0.316 e. The van der Waals surface area contributed by atoms with Gasteiger partial charge < -0.3 is 4.57 Å². The number of aryl methyl sites for hydroxylation is 1. The standard InChI is InChI=1S/C14H12Cl2FNO/c1-8-5-11(14(19)7-15)9(2)18(8)13-6-10(17)3-4-12(13)16/h3-6H,7H2,1-2H3. The molecule has 0 spiro atoms. The van der Waals surface area contributed by atoms with Gasteiger partial charge in [-0.2, -0.15) is 0 Å². The van der Waals surface area contributed by atoms with Gasteiger partial charge in [0, 0.05) is 17.0 Å². The van der Waals surface area contributed by atoms with Gasteiger partial charge in [-0.3, -0.25) is 4.79 Å². The van der Waals surface area contributed by atoms with Crippen molar-refractivity contribution in [1.82, 2.24) is 4.57 Å². The number of halogens is 3. The normalized spacial score (nSPS) is 10.8. The van der Waals surface area contributed by atoms with Crippen LogP contribution in [0, 0.1) is 19.7 Å². The van der Waals surface area contributed by atoms with Crippen LogP contribution in [0.1, 0.15) is 21.7 Å². The topological polar surface area (TPSA) is 22.0 Å². The Morgan fingerprint density at radius 3 is 2.63 bits per heavy atom. The highest BCUT2D eigenvalue weighted by atomic mass is 35.5. The second-order valence-corrected chi connectivity index (χ2v) is 4.95. The molecule has 0 amide bonds. The molecule has 0 bridgehead atoms. The molecule has 0 aliphatic heterocycles. The first-order valence-electron chi connectivity index (χ1n) is 5.69. The minimum Gasteiger partial charge on any atom is -0.316 e.